The molecule has 0 aromatic carbocycles. The zero-order valence-electron chi connectivity index (χ0n) is 11.9. The van der Waals surface area contributed by atoms with Gasteiger partial charge in [0, 0.05) is 39.0 Å². The van der Waals surface area contributed by atoms with E-state index in [1.165, 1.54) is 12.8 Å². The summed E-state index contributed by atoms with van der Waals surface area (Å²) in [4.78, 5) is 17.9. The number of likely N-dealkylation sites (tertiary alicyclic amines) is 1. The number of nitrogens with one attached hydrogen (secondary N) is 1. The molecule has 19 heavy (non-hydrogen) atoms. The largest absolute Gasteiger partial charge is 0.356 e. The maximum atomic E-state index is 11.0. The van der Waals surface area contributed by atoms with E-state index in [1.54, 1.807) is 6.92 Å². The minimum Gasteiger partial charge on any atom is -0.356 e. The van der Waals surface area contributed by atoms with Crippen LogP contribution in [0.25, 0.3) is 0 Å². The van der Waals surface area contributed by atoms with E-state index in [0.29, 0.717) is 5.92 Å². The molecule has 1 aromatic rings. The van der Waals surface area contributed by atoms with Gasteiger partial charge in [-0.2, -0.15) is 0 Å². The quantitative estimate of drug-likeness (QED) is 0.871. The van der Waals surface area contributed by atoms with Crippen LogP contribution >= 0.6 is 0 Å². The summed E-state index contributed by atoms with van der Waals surface area (Å²) in [5.41, 5.74) is 0. The van der Waals surface area contributed by atoms with Crippen molar-refractivity contribution in [2.24, 2.45) is 5.92 Å². The highest BCUT2D eigenvalue weighted by Gasteiger charge is 2.21. The maximum absolute atomic E-state index is 11.0. The monoisotopic (exact) mass is 264 g/mol. The molecule has 1 saturated heterocycles. The Morgan fingerprint density at radius 3 is 3.16 bits per heavy atom. The van der Waals surface area contributed by atoms with Gasteiger partial charge in [0.05, 0.1) is 6.54 Å². The molecule has 5 nitrogen and oxygen atoms in total. The van der Waals surface area contributed by atoms with Gasteiger partial charge in [-0.3, -0.25) is 9.69 Å². The number of carbonyl (C=O) groups excluding carboxylic acids is 1. The van der Waals surface area contributed by atoms with Crippen LogP contribution in [0.5, 0.6) is 0 Å². The zero-order chi connectivity index (χ0) is 13.7. The highest BCUT2D eigenvalue weighted by Crippen LogP contribution is 2.17. The first-order valence-electron chi connectivity index (χ1n) is 7.15. The minimum absolute atomic E-state index is 0.0682. The summed E-state index contributed by atoms with van der Waals surface area (Å²) in [6.45, 7) is 8.59. The fourth-order valence-electron chi connectivity index (χ4n) is 2.73. The van der Waals surface area contributed by atoms with Gasteiger partial charge in [0.1, 0.15) is 5.82 Å². The van der Waals surface area contributed by atoms with Crippen LogP contribution in [0.2, 0.25) is 0 Å². The van der Waals surface area contributed by atoms with Crippen molar-refractivity contribution in [2.45, 2.75) is 39.8 Å². The summed E-state index contributed by atoms with van der Waals surface area (Å²) in [5.74, 6) is 1.78. The second-order valence-corrected chi connectivity index (χ2v) is 5.31. The molecular weight excluding hydrogens is 240 g/mol. The average molecular weight is 264 g/mol. The topological polar surface area (TPSA) is 50.2 Å². The summed E-state index contributed by atoms with van der Waals surface area (Å²) >= 11 is 0. The third-order valence-corrected chi connectivity index (χ3v) is 3.75. The van der Waals surface area contributed by atoms with Gasteiger partial charge in [-0.25, -0.2) is 4.98 Å². The molecule has 0 saturated carbocycles. The lowest BCUT2D eigenvalue weighted by molar-refractivity contribution is -0.119. The molecule has 2 rings (SSSR count). The molecule has 1 amide bonds. The Morgan fingerprint density at radius 2 is 2.42 bits per heavy atom. The van der Waals surface area contributed by atoms with Crippen LogP contribution in [0.3, 0.4) is 0 Å². The number of rotatable bonds is 5. The molecule has 1 atom stereocenters. The SMILES string of the molecule is CCn1ccnc1CN1CCC[C@@H](CNC(C)=O)C1. The highest BCUT2D eigenvalue weighted by atomic mass is 16.1. The van der Waals surface area contributed by atoms with Crippen LogP contribution in [0.1, 0.15) is 32.5 Å². The van der Waals surface area contributed by atoms with Crippen molar-refractivity contribution < 1.29 is 4.79 Å². The van der Waals surface area contributed by atoms with Crippen LogP contribution in [0.4, 0.5) is 0 Å². The Morgan fingerprint density at radius 1 is 1.58 bits per heavy atom. The Hall–Kier alpha value is -1.36. The first-order valence-corrected chi connectivity index (χ1v) is 7.15. The summed E-state index contributed by atoms with van der Waals surface area (Å²) in [6, 6.07) is 0. The number of nitrogens with zero attached hydrogens (tertiary/aromatic N) is 3. The molecule has 1 aliphatic heterocycles. The van der Waals surface area contributed by atoms with E-state index < -0.39 is 0 Å². The highest BCUT2D eigenvalue weighted by molar-refractivity contribution is 5.72. The van der Waals surface area contributed by atoms with Crippen molar-refractivity contribution in [3.63, 3.8) is 0 Å². The van der Waals surface area contributed by atoms with Gasteiger partial charge in [-0.1, -0.05) is 0 Å². The van der Waals surface area contributed by atoms with Crippen molar-refractivity contribution in [1.29, 1.82) is 0 Å². The summed E-state index contributed by atoms with van der Waals surface area (Å²) < 4.78 is 2.19. The third kappa shape index (κ3) is 4.06. The number of hydrogen-bond donors (Lipinski definition) is 1. The van der Waals surface area contributed by atoms with Crippen LogP contribution in [-0.2, 0) is 17.9 Å². The Balaban J connectivity index is 1.85. The lowest BCUT2D eigenvalue weighted by atomic mass is 9.98. The molecule has 1 N–H and O–H groups in total. The van der Waals surface area contributed by atoms with Gasteiger partial charge in [0.2, 0.25) is 5.91 Å². The molecule has 0 radical (unpaired) electrons. The standard InChI is InChI=1S/C14H24N4O/c1-3-18-8-6-15-14(18)11-17-7-4-5-13(10-17)9-16-12(2)19/h6,8,13H,3-5,7,9-11H2,1-2H3,(H,16,19)/t13-/m0/s1. The van der Waals surface area contributed by atoms with Gasteiger partial charge < -0.3 is 9.88 Å². The summed E-state index contributed by atoms with van der Waals surface area (Å²) in [6.07, 6.45) is 6.32. The number of amides is 1. The van der Waals surface area contributed by atoms with E-state index in [-0.39, 0.29) is 5.91 Å². The first-order chi connectivity index (χ1) is 9.19. The maximum Gasteiger partial charge on any atom is 0.216 e. The van der Waals surface area contributed by atoms with E-state index >= 15 is 0 Å². The number of aryl methyl sites for hydroxylation is 1. The number of imidazole rings is 1. The van der Waals surface area contributed by atoms with Crippen LogP contribution < -0.4 is 5.32 Å². The molecule has 2 heterocycles. The average Bonchev–Trinajstić information content (AvgIpc) is 2.84. The predicted octanol–water partition coefficient (Wildman–Crippen LogP) is 1.25. The number of carbonyl (C=O) groups is 1. The van der Waals surface area contributed by atoms with Gasteiger partial charge in [-0.05, 0) is 32.2 Å². The number of aromatic nitrogens is 2. The zero-order valence-corrected chi connectivity index (χ0v) is 11.9. The molecule has 1 fully saturated rings. The van der Waals surface area contributed by atoms with Crippen molar-refractivity contribution in [2.75, 3.05) is 19.6 Å². The molecule has 0 unspecified atom stereocenters. The summed E-state index contributed by atoms with van der Waals surface area (Å²) in [5, 5.41) is 2.93. The third-order valence-electron chi connectivity index (χ3n) is 3.75. The van der Waals surface area contributed by atoms with E-state index in [0.717, 1.165) is 38.5 Å². The van der Waals surface area contributed by atoms with Gasteiger partial charge in [0.15, 0.2) is 0 Å². The van der Waals surface area contributed by atoms with Crippen LogP contribution in [-0.4, -0.2) is 40.0 Å². The number of piperidine rings is 1. The molecule has 1 aromatic heterocycles. The molecule has 0 bridgehead atoms. The Labute approximate surface area is 115 Å². The summed E-state index contributed by atoms with van der Waals surface area (Å²) in [7, 11) is 0. The van der Waals surface area contributed by atoms with Crippen molar-refractivity contribution >= 4 is 5.91 Å². The second-order valence-electron chi connectivity index (χ2n) is 5.31. The fourth-order valence-corrected chi connectivity index (χ4v) is 2.73. The van der Waals surface area contributed by atoms with E-state index in [9.17, 15) is 4.79 Å². The van der Waals surface area contributed by atoms with Crippen molar-refractivity contribution in [1.82, 2.24) is 19.8 Å². The van der Waals surface area contributed by atoms with Crippen LogP contribution in [0, 0.1) is 5.92 Å². The van der Waals surface area contributed by atoms with E-state index in [2.05, 4.69) is 26.7 Å². The van der Waals surface area contributed by atoms with Crippen LogP contribution in [0.15, 0.2) is 12.4 Å². The normalized spacial score (nSPS) is 20.4. The fraction of sp³-hybridized carbons (Fsp3) is 0.714. The molecule has 1 aliphatic rings. The molecule has 0 aliphatic carbocycles. The lowest BCUT2D eigenvalue weighted by Gasteiger charge is -2.32. The van der Waals surface area contributed by atoms with Crippen molar-refractivity contribution in [3.05, 3.63) is 18.2 Å². The molecular formula is C14H24N4O. The van der Waals surface area contributed by atoms with E-state index in [4.69, 9.17) is 0 Å². The van der Waals surface area contributed by atoms with E-state index in [1.807, 2.05) is 12.4 Å². The van der Waals surface area contributed by atoms with Gasteiger partial charge in [0.25, 0.3) is 0 Å². The molecule has 5 heteroatoms. The number of hydrogen-bond acceptors (Lipinski definition) is 3. The Bertz CT molecular complexity index is 415. The molecule has 106 valence electrons. The van der Waals surface area contributed by atoms with Gasteiger partial charge >= 0.3 is 0 Å². The second kappa shape index (κ2) is 6.70. The molecule has 0 spiro atoms. The van der Waals surface area contributed by atoms with Gasteiger partial charge in [-0.15, -0.1) is 0 Å². The minimum atomic E-state index is 0.0682. The smallest absolute Gasteiger partial charge is 0.216 e. The Kier molecular flexibility index (Phi) is 4.96. The predicted molar refractivity (Wildman–Crippen MR) is 74.6 cm³/mol. The first kappa shape index (κ1) is 14.1. The van der Waals surface area contributed by atoms with Crippen molar-refractivity contribution in [3.8, 4) is 0 Å². The lowest BCUT2D eigenvalue weighted by Crippen LogP contribution is -2.40.